The van der Waals surface area contributed by atoms with E-state index in [0.717, 1.165) is 29.6 Å². The zero-order valence-corrected chi connectivity index (χ0v) is 15.7. The third-order valence-electron chi connectivity index (χ3n) is 5.31. The molecule has 1 heterocycles. The molecule has 1 unspecified atom stereocenters. The standard InChI is InChI=1S/C22H27N3O2/c1-14(26)15-6-2-4-8-19(15)24-10-11-27-22-13-21-17(12-18(22)23)16-7-3-5-9-20(16)25-21/h2,4,6,8,12-14,24-26H,3,5,7,9-11,23H2,1H3. The van der Waals surface area contributed by atoms with E-state index in [1.165, 1.54) is 29.5 Å². The van der Waals surface area contributed by atoms with Gasteiger partial charge < -0.3 is 25.9 Å². The van der Waals surface area contributed by atoms with Crippen LogP contribution in [0.3, 0.4) is 0 Å². The first-order chi connectivity index (χ1) is 13.1. The highest BCUT2D eigenvalue weighted by Crippen LogP contribution is 2.34. The van der Waals surface area contributed by atoms with Gasteiger partial charge in [0.15, 0.2) is 0 Å². The van der Waals surface area contributed by atoms with Gasteiger partial charge in [-0.25, -0.2) is 0 Å². The SMILES string of the molecule is CC(O)c1ccccc1NCCOc1cc2[nH]c3c(c2cc1N)CCCC3. The molecule has 3 aromatic rings. The van der Waals surface area contributed by atoms with Gasteiger partial charge in [0.1, 0.15) is 12.4 Å². The number of nitrogens with one attached hydrogen (secondary N) is 2. The van der Waals surface area contributed by atoms with Crippen LogP contribution in [-0.4, -0.2) is 23.2 Å². The third-order valence-corrected chi connectivity index (χ3v) is 5.31. The van der Waals surface area contributed by atoms with E-state index in [0.29, 0.717) is 24.6 Å². The molecule has 1 aromatic heterocycles. The second kappa shape index (κ2) is 7.53. The van der Waals surface area contributed by atoms with Crippen molar-refractivity contribution in [2.24, 2.45) is 0 Å². The highest BCUT2D eigenvalue weighted by Gasteiger charge is 2.17. The summed E-state index contributed by atoms with van der Waals surface area (Å²) < 4.78 is 5.93. The molecular formula is C22H27N3O2. The Kier molecular flexibility index (Phi) is 4.94. The van der Waals surface area contributed by atoms with E-state index in [4.69, 9.17) is 10.5 Å². The molecular weight excluding hydrogens is 338 g/mol. The summed E-state index contributed by atoms with van der Waals surface area (Å²) in [7, 11) is 0. The number of anilines is 2. The van der Waals surface area contributed by atoms with Gasteiger partial charge in [-0.15, -0.1) is 0 Å². The van der Waals surface area contributed by atoms with Crippen LogP contribution in [0.1, 0.15) is 42.7 Å². The Morgan fingerprint density at radius 1 is 1.22 bits per heavy atom. The van der Waals surface area contributed by atoms with E-state index >= 15 is 0 Å². The number of aliphatic hydroxyl groups is 1. The highest BCUT2D eigenvalue weighted by atomic mass is 16.5. The topological polar surface area (TPSA) is 83.3 Å². The monoisotopic (exact) mass is 365 g/mol. The highest BCUT2D eigenvalue weighted by molar-refractivity contribution is 5.90. The molecule has 142 valence electrons. The van der Waals surface area contributed by atoms with E-state index in [1.54, 1.807) is 6.92 Å². The maximum absolute atomic E-state index is 9.85. The summed E-state index contributed by atoms with van der Waals surface area (Å²) >= 11 is 0. The van der Waals surface area contributed by atoms with Gasteiger partial charge in [-0.05, 0) is 50.3 Å². The average Bonchev–Trinajstić information content (AvgIpc) is 3.03. The number of hydrogen-bond acceptors (Lipinski definition) is 4. The van der Waals surface area contributed by atoms with Gasteiger partial charge in [-0.2, -0.15) is 0 Å². The Bertz CT molecular complexity index is 946. The minimum Gasteiger partial charge on any atom is -0.490 e. The Morgan fingerprint density at radius 3 is 2.89 bits per heavy atom. The second-order valence-electron chi connectivity index (χ2n) is 7.26. The lowest BCUT2D eigenvalue weighted by molar-refractivity contribution is 0.200. The van der Waals surface area contributed by atoms with Crippen LogP contribution in [0.5, 0.6) is 5.75 Å². The number of H-pyrrole nitrogens is 1. The molecule has 5 nitrogen and oxygen atoms in total. The van der Waals surface area contributed by atoms with E-state index in [2.05, 4.69) is 10.3 Å². The summed E-state index contributed by atoms with van der Waals surface area (Å²) in [6.07, 6.45) is 4.23. The van der Waals surface area contributed by atoms with Crippen LogP contribution in [0.2, 0.25) is 0 Å². The summed E-state index contributed by atoms with van der Waals surface area (Å²) in [4.78, 5) is 3.54. The Labute approximate surface area is 159 Å². The number of aromatic amines is 1. The van der Waals surface area contributed by atoms with Crippen molar-refractivity contribution >= 4 is 22.3 Å². The summed E-state index contributed by atoms with van der Waals surface area (Å²) in [5.74, 6) is 0.715. The van der Waals surface area contributed by atoms with Gasteiger partial charge in [-0.3, -0.25) is 0 Å². The largest absolute Gasteiger partial charge is 0.490 e. The molecule has 5 N–H and O–H groups in total. The molecule has 1 aliphatic rings. The number of fused-ring (bicyclic) bond motifs is 3. The van der Waals surface area contributed by atoms with Gasteiger partial charge in [0.05, 0.1) is 11.8 Å². The molecule has 4 rings (SSSR count). The number of aliphatic hydroxyl groups excluding tert-OH is 1. The Morgan fingerprint density at radius 2 is 2.04 bits per heavy atom. The van der Waals surface area contributed by atoms with Crippen LogP contribution in [0.4, 0.5) is 11.4 Å². The van der Waals surface area contributed by atoms with E-state index in [-0.39, 0.29) is 0 Å². The first kappa shape index (κ1) is 17.7. The van der Waals surface area contributed by atoms with Crippen molar-refractivity contribution in [3.05, 3.63) is 53.2 Å². The minimum atomic E-state index is -0.508. The van der Waals surface area contributed by atoms with Crippen LogP contribution in [-0.2, 0) is 12.8 Å². The van der Waals surface area contributed by atoms with E-state index in [1.807, 2.05) is 36.4 Å². The molecule has 1 atom stereocenters. The van der Waals surface area contributed by atoms with Crippen molar-refractivity contribution in [2.45, 2.75) is 38.7 Å². The molecule has 0 fully saturated rings. The fraction of sp³-hybridized carbons (Fsp3) is 0.364. The Hall–Kier alpha value is -2.66. The van der Waals surface area contributed by atoms with Crippen molar-refractivity contribution in [3.8, 4) is 5.75 Å². The van der Waals surface area contributed by atoms with Gasteiger partial charge in [0.25, 0.3) is 0 Å². The lowest BCUT2D eigenvalue weighted by Crippen LogP contribution is -2.13. The van der Waals surface area contributed by atoms with Gasteiger partial charge in [-0.1, -0.05) is 18.2 Å². The van der Waals surface area contributed by atoms with E-state index < -0.39 is 6.10 Å². The molecule has 0 spiro atoms. The lowest BCUT2D eigenvalue weighted by Gasteiger charge is -2.15. The summed E-state index contributed by atoms with van der Waals surface area (Å²) in [6.45, 7) is 2.88. The smallest absolute Gasteiger partial charge is 0.144 e. The second-order valence-corrected chi connectivity index (χ2v) is 7.26. The summed E-state index contributed by atoms with van der Waals surface area (Å²) in [6, 6.07) is 11.8. The molecule has 0 saturated carbocycles. The fourth-order valence-corrected chi connectivity index (χ4v) is 3.95. The van der Waals surface area contributed by atoms with Crippen molar-refractivity contribution < 1.29 is 9.84 Å². The van der Waals surface area contributed by atoms with Crippen molar-refractivity contribution in [1.82, 2.24) is 4.98 Å². The predicted molar refractivity (Wildman–Crippen MR) is 110 cm³/mol. The number of para-hydroxylation sites is 1. The number of hydrogen-bond donors (Lipinski definition) is 4. The van der Waals surface area contributed by atoms with Crippen molar-refractivity contribution in [3.63, 3.8) is 0 Å². The van der Waals surface area contributed by atoms with Crippen LogP contribution < -0.4 is 15.8 Å². The fourth-order valence-electron chi connectivity index (χ4n) is 3.95. The molecule has 0 radical (unpaired) electrons. The number of nitrogens with two attached hydrogens (primary N) is 1. The third kappa shape index (κ3) is 3.60. The molecule has 0 aliphatic heterocycles. The zero-order valence-electron chi connectivity index (χ0n) is 15.7. The van der Waals surface area contributed by atoms with Gasteiger partial charge in [0, 0.05) is 40.5 Å². The molecule has 0 bridgehead atoms. The number of aromatic nitrogens is 1. The van der Waals surface area contributed by atoms with Gasteiger partial charge >= 0.3 is 0 Å². The molecule has 5 heteroatoms. The minimum absolute atomic E-state index is 0.490. The number of nitrogen functional groups attached to an aromatic ring is 1. The molecule has 2 aromatic carbocycles. The first-order valence-corrected chi connectivity index (χ1v) is 9.70. The average molecular weight is 365 g/mol. The Balaban J connectivity index is 1.43. The lowest BCUT2D eigenvalue weighted by atomic mass is 9.95. The number of benzene rings is 2. The van der Waals surface area contributed by atoms with Crippen LogP contribution in [0.15, 0.2) is 36.4 Å². The predicted octanol–water partition coefficient (Wildman–Crippen LogP) is 4.17. The van der Waals surface area contributed by atoms with Crippen LogP contribution in [0.25, 0.3) is 10.9 Å². The van der Waals surface area contributed by atoms with Crippen molar-refractivity contribution in [2.75, 3.05) is 24.2 Å². The normalized spacial score (nSPS) is 14.7. The molecule has 27 heavy (non-hydrogen) atoms. The first-order valence-electron chi connectivity index (χ1n) is 9.70. The summed E-state index contributed by atoms with van der Waals surface area (Å²) in [5, 5.41) is 14.4. The molecule has 0 amide bonds. The number of aryl methyl sites for hydroxylation is 2. The molecule has 0 saturated heterocycles. The van der Waals surface area contributed by atoms with Crippen LogP contribution in [0, 0.1) is 0 Å². The number of ether oxygens (including phenoxy) is 1. The van der Waals surface area contributed by atoms with Crippen molar-refractivity contribution in [1.29, 1.82) is 0 Å². The molecule has 1 aliphatic carbocycles. The van der Waals surface area contributed by atoms with E-state index in [9.17, 15) is 5.11 Å². The van der Waals surface area contributed by atoms with Gasteiger partial charge in [0.2, 0.25) is 0 Å². The van der Waals surface area contributed by atoms with Crippen LogP contribution >= 0.6 is 0 Å². The zero-order chi connectivity index (χ0) is 18.8. The number of rotatable bonds is 6. The summed E-state index contributed by atoms with van der Waals surface area (Å²) in [5.41, 5.74) is 12.6. The quantitative estimate of drug-likeness (QED) is 0.390. The maximum Gasteiger partial charge on any atom is 0.144 e. The maximum atomic E-state index is 9.85.